The molecule has 0 spiro atoms. The van der Waals surface area contributed by atoms with Gasteiger partial charge in [0, 0.05) is 23.7 Å². The van der Waals surface area contributed by atoms with Crippen LogP contribution in [-0.4, -0.2) is 60.3 Å². The van der Waals surface area contributed by atoms with E-state index in [0.717, 1.165) is 32.2 Å². The van der Waals surface area contributed by atoms with Gasteiger partial charge in [-0.3, -0.25) is 9.59 Å². The molecule has 1 aromatic carbocycles. The van der Waals surface area contributed by atoms with Crippen LogP contribution in [0.3, 0.4) is 0 Å². The molecule has 2 aromatic rings. The lowest BCUT2D eigenvalue weighted by Gasteiger charge is -2.23. The Bertz CT molecular complexity index is 729. The van der Waals surface area contributed by atoms with Gasteiger partial charge in [-0.2, -0.15) is 0 Å². The van der Waals surface area contributed by atoms with Crippen LogP contribution in [0.25, 0.3) is 0 Å². The lowest BCUT2D eigenvalue weighted by atomic mass is 10.1. The number of amides is 2. The minimum Gasteiger partial charge on any atom is -0.329 e. The first-order chi connectivity index (χ1) is 13.5. The summed E-state index contributed by atoms with van der Waals surface area (Å²) in [7, 11) is 3.99. The average molecular weight is 403 g/mol. The quantitative estimate of drug-likeness (QED) is 0.625. The first kappa shape index (κ1) is 22.0. The Morgan fingerprint density at radius 2 is 1.86 bits per heavy atom. The van der Waals surface area contributed by atoms with Crippen molar-refractivity contribution in [1.82, 2.24) is 14.8 Å². The first-order valence-corrected chi connectivity index (χ1v) is 10.6. The molecule has 0 radical (unpaired) electrons. The maximum Gasteiger partial charge on any atom is 0.254 e. The van der Waals surface area contributed by atoms with Gasteiger partial charge in [-0.15, -0.1) is 11.3 Å². The van der Waals surface area contributed by atoms with E-state index in [-0.39, 0.29) is 18.4 Å². The number of anilines is 1. The van der Waals surface area contributed by atoms with Crippen molar-refractivity contribution in [2.75, 3.05) is 39.0 Å². The van der Waals surface area contributed by atoms with Crippen LogP contribution < -0.4 is 5.32 Å². The van der Waals surface area contributed by atoms with E-state index in [1.807, 2.05) is 38.4 Å². The minimum atomic E-state index is -0.229. The van der Waals surface area contributed by atoms with Crippen molar-refractivity contribution in [3.63, 3.8) is 0 Å². The zero-order valence-electron chi connectivity index (χ0n) is 17.0. The van der Waals surface area contributed by atoms with Crippen molar-refractivity contribution in [2.45, 2.75) is 32.6 Å². The maximum absolute atomic E-state index is 13.0. The summed E-state index contributed by atoms with van der Waals surface area (Å²) in [6.45, 7) is 3.57. The van der Waals surface area contributed by atoms with Crippen LogP contribution in [0.15, 0.2) is 35.8 Å². The molecule has 0 saturated carbocycles. The molecule has 1 heterocycles. The van der Waals surface area contributed by atoms with E-state index in [1.54, 1.807) is 16.5 Å². The number of nitrogens with one attached hydrogen (secondary N) is 1. The van der Waals surface area contributed by atoms with E-state index in [4.69, 9.17) is 0 Å². The fraction of sp³-hybridized carbons (Fsp3) is 0.476. The molecule has 0 unspecified atom stereocenters. The highest BCUT2D eigenvalue weighted by Crippen LogP contribution is 2.13. The maximum atomic E-state index is 13.0. The number of nitrogens with zero attached hydrogens (tertiary/aromatic N) is 3. The molecule has 2 rings (SSSR count). The van der Waals surface area contributed by atoms with Gasteiger partial charge in [0.25, 0.3) is 5.91 Å². The standard InChI is InChI=1S/C21H30N4O2S/c1-4-5-7-17-8-10-18(11-9-17)20(27)25(14-6-13-24(2)3)16-19(26)23-21-22-12-15-28-21/h8-12,15H,4-7,13-14,16H2,1-3H3,(H,22,23,26). The van der Waals surface area contributed by atoms with Crippen molar-refractivity contribution in [2.24, 2.45) is 0 Å². The molecule has 0 aliphatic heterocycles. The second kappa shape index (κ2) is 11.6. The first-order valence-electron chi connectivity index (χ1n) is 9.72. The highest BCUT2D eigenvalue weighted by atomic mass is 32.1. The molecular weight excluding hydrogens is 372 g/mol. The third-order valence-corrected chi connectivity index (χ3v) is 5.04. The number of thiazole rings is 1. The predicted molar refractivity (Wildman–Crippen MR) is 115 cm³/mol. The zero-order valence-corrected chi connectivity index (χ0v) is 17.8. The third kappa shape index (κ3) is 7.40. The Balaban J connectivity index is 2.03. The van der Waals surface area contributed by atoms with Crippen molar-refractivity contribution in [1.29, 1.82) is 0 Å². The number of benzene rings is 1. The van der Waals surface area contributed by atoms with Gasteiger partial charge in [0.2, 0.25) is 5.91 Å². The normalized spacial score (nSPS) is 10.9. The highest BCUT2D eigenvalue weighted by Gasteiger charge is 2.19. The average Bonchev–Trinajstić information content (AvgIpc) is 3.18. The number of hydrogen-bond acceptors (Lipinski definition) is 5. The number of rotatable bonds is 11. The van der Waals surface area contributed by atoms with Gasteiger partial charge < -0.3 is 15.1 Å². The fourth-order valence-corrected chi connectivity index (χ4v) is 3.37. The van der Waals surface area contributed by atoms with Gasteiger partial charge in [-0.25, -0.2) is 4.98 Å². The molecule has 0 aliphatic carbocycles. The van der Waals surface area contributed by atoms with Crippen molar-refractivity contribution >= 4 is 28.3 Å². The Kier molecular flexibility index (Phi) is 9.10. The Morgan fingerprint density at radius 3 is 2.46 bits per heavy atom. The van der Waals surface area contributed by atoms with Gasteiger partial charge in [0.05, 0.1) is 0 Å². The molecule has 0 aliphatic rings. The summed E-state index contributed by atoms with van der Waals surface area (Å²) in [5.41, 5.74) is 1.85. The SMILES string of the molecule is CCCCc1ccc(C(=O)N(CCCN(C)C)CC(=O)Nc2nccs2)cc1. The molecular formula is C21H30N4O2S. The van der Waals surface area contributed by atoms with Gasteiger partial charge >= 0.3 is 0 Å². The van der Waals surface area contributed by atoms with Crippen LogP contribution in [0.2, 0.25) is 0 Å². The summed E-state index contributed by atoms with van der Waals surface area (Å²) < 4.78 is 0. The van der Waals surface area contributed by atoms with Crippen LogP contribution in [-0.2, 0) is 11.2 Å². The van der Waals surface area contributed by atoms with Crippen molar-refractivity contribution < 1.29 is 9.59 Å². The topological polar surface area (TPSA) is 65.5 Å². The number of carbonyl (C=O) groups is 2. The summed E-state index contributed by atoms with van der Waals surface area (Å²) in [4.78, 5) is 33.1. The van der Waals surface area contributed by atoms with E-state index in [1.165, 1.54) is 16.9 Å². The number of unbranched alkanes of at least 4 members (excludes halogenated alkanes) is 1. The molecule has 1 aromatic heterocycles. The lowest BCUT2D eigenvalue weighted by molar-refractivity contribution is -0.116. The highest BCUT2D eigenvalue weighted by molar-refractivity contribution is 7.13. The third-order valence-electron chi connectivity index (χ3n) is 4.35. The summed E-state index contributed by atoms with van der Waals surface area (Å²) >= 11 is 1.36. The molecule has 1 N–H and O–H groups in total. The molecule has 152 valence electrons. The van der Waals surface area contributed by atoms with E-state index >= 15 is 0 Å². The van der Waals surface area contributed by atoms with Gasteiger partial charge in [-0.1, -0.05) is 25.5 Å². The summed E-state index contributed by atoms with van der Waals surface area (Å²) in [6.07, 6.45) is 5.75. The molecule has 0 atom stereocenters. The van der Waals surface area contributed by atoms with E-state index in [2.05, 4.69) is 22.1 Å². The van der Waals surface area contributed by atoms with E-state index < -0.39 is 0 Å². The molecule has 6 nitrogen and oxygen atoms in total. The smallest absolute Gasteiger partial charge is 0.254 e. The number of hydrogen-bond donors (Lipinski definition) is 1. The molecule has 7 heteroatoms. The van der Waals surface area contributed by atoms with Gasteiger partial charge in [0.15, 0.2) is 5.13 Å². The number of aryl methyl sites for hydroxylation is 1. The Labute approximate surface area is 171 Å². The van der Waals surface area contributed by atoms with Crippen LogP contribution in [0.5, 0.6) is 0 Å². The largest absolute Gasteiger partial charge is 0.329 e. The summed E-state index contributed by atoms with van der Waals surface area (Å²) in [6, 6.07) is 7.75. The second-order valence-corrected chi connectivity index (χ2v) is 7.96. The predicted octanol–water partition coefficient (Wildman–Crippen LogP) is 3.52. The van der Waals surface area contributed by atoms with Crippen LogP contribution in [0, 0.1) is 0 Å². The molecule has 0 saturated heterocycles. The van der Waals surface area contributed by atoms with E-state index in [0.29, 0.717) is 17.2 Å². The van der Waals surface area contributed by atoms with Crippen molar-refractivity contribution in [3.8, 4) is 0 Å². The monoisotopic (exact) mass is 402 g/mol. The Hall–Kier alpha value is -2.25. The Morgan fingerprint density at radius 1 is 1.11 bits per heavy atom. The van der Waals surface area contributed by atoms with Gasteiger partial charge in [0.1, 0.15) is 6.54 Å². The number of carbonyl (C=O) groups excluding carboxylic acids is 2. The fourth-order valence-electron chi connectivity index (χ4n) is 2.82. The van der Waals surface area contributed by atoms with Crippen LogP contribution in [0.4, 0.5) is 5.13 Å². The molecule has 28 heavy (non-hydrogen) atoms. The van der Waals surface area contributed by atoms with E-state index in [9.17, 15) is 9.59 Å². The molecule has 0 fully saturated rings. The van der Waals surface area contributed by atoms with Crippen LogP contribution >= 0.6 is 11.3 Å². The van der Waals surface area contributed by atoms with Crippen LogP contribution in [0.1, 0.15) is 42.1 Å². The lowest BCUT2D eigenvalue weighted by Crippen LogP contribution is -2.39. The number of aromatic nitrogens is 1. The summed E-state index contributed by atoms with van der Waals surface area (Å²) in [5.74, 6) is -0.345. The second-order valence-electron chi connectivity index (χ2n) is 7.07. The molecule has 2 amide bonds. The van der Waals surface area contributed by atoms with Gasteiger partial charge in [-0.05, 0) is 57.6 Å². The minimum absolute atomic E-state index is 0.0173. The van der Waals surface area contributed by atoms with Crippen molar-refractivity contribution in [3.05, 3.63) is 47.0 Å². The summed E-state index contributed by atoms with van der Waals surface area (Å²) in [5, 5.41) is 5.10. The molecule has 0 bridgehead atoms. The zero-order chi connectivity index (χ0) is 20.4.